The number of carbonyl (C=O) groups excluding carboxylic acids is 2. The summed E-state index contributed by atoms with van der Waals surface area (Å²) in [6.07, 6.45) is 1.66. The van der Waals surface area contributed by atoms with E-state index in [1.807, 2.05) is 25.7 Å². The number of morpholine rings is 1. The Bertz CT molecular complexity index is 320. The van der Waals surface area contributed by atoms with E-state index in [1.165, 1.54) is 0 Å². The SMILES string of the molecule is CC(C)(C)OC(=O)NCCCCC(=O)N1CCOCC1. The molecular weight excluding hydrogens is 260 g/mol. The van der Waals surface area contributed by atoms with E-state index in [0.717, 1.165) is 12.8 Å². The number of unbranched alkanes of at least 4 members (excludes halogenated alkanes) is 1. The molecule has 1 aliphatic heterocycles. The van der Waals surface area contributed by atoms with Gasteiger partial charge in [0.05, 0.1) is 13.2 Å². The fourth-order valence-electron chi connectivity index (χ4n) is 1.88. The molecule has 0 bridgehead atoms. The van der Waals surface area contributed by atoms with E-state index in [1.54, 1.807) is 0 Å². The van der Waals surface area contributed by atoms with Crippen molar-refractivity contribution >= 4 is 12.0 Å². The van der Waals surface area contributed by atoms with Crippen LogP contribution in [0.15, 0.2) is 0 Å². The highest BCUT2D eigenvalue weighted by Crippen LogP contribution is 2.07. The summed E-state index contributed by atoms with van der Waals surface area (Å²) in [4.78, 5) is 25.1. The second-order valence-corrected chi connectivity index (χ2v) is 5.88. The lowest BCUT2D eigenvalue weighted by Gasteiger charge is -2.26. The molecule has 0 aromatic carbocycles. The van der Waals surface area contributed by atoms with E-state index in [9.17, 15) is 9.59 Å². The first-order valence-corrected chi connectivity index (χ1v) is 7.21. The van der Waals surface area contributed by atoms with Crippen LogP contribution in [0.5, 0.6) is 0 Å². The van der Waals surface area contributed by atoms with E-state index in [0.29, 0.717) is 39.3 Å². The molecule has 0 aromatic rings. The molecule has 0 aromatic heterocycles. The Kier molecular flexibility index (Phi) is 6.78. The van der Waals surface area contributed by atoms with Crippen LogP contribution >= 0.6 is 0 Å². The van der Waals surface area contributed by atoms with Crippen LogP contribution < -0.4 is 5.32 Å². The highest BCUT2D eigenvalue weighted by molar-refractivity contribution is 5.76. The maximum absolute atomic E-state index is 11.8. The normalized spacial score (nSPS) is 15.8. The first kappa shape index (κ1) is 16.8. The third kappa shape index (κ3) is 7.33. The minimum atomic E-state index is -0.476. The molecule has 0 spiro atoms. The van der Waals surface area contributed by atoms with Crippen LogP contribution in [0.2, 0.25) is 0 Å². The van der Waals surface area contributed by atoms with Crippen molar-refractivity contribution in [2.75, 3.05) is 32.8 Å². The lowest BCUT2D eigenvalue weighted by molar-refractivity contribution is -0.135. The van der Waals surface area contributed by atoms with Crippen LogP contribution in [0.1, 0.15) is 40.0 Å². The summed E-state index contributed by atoms with van der Waals surface area (Å²) in [5, 5.41) is 2.69. The third-order valence-electron chi connectivity index (χ3n) is 2.85. The van der Waals surface area contributed by atoms with Gasteiger partial charge in [-0.15, -0.1) is 0 Å². The number of amides is 2. The van der Waals surface area contributed by atoms with Gasteiger partial charge in [0.15, 0.2) is 0 Å². The summed E-state index contributed by atoms with van der Waals surface area (Å²) in [6, 6.07) is 0. The minimum Gasteiger partial charge on any atom is -0.444 e. The van der Waals surface area contributed by atoms with Gasteiger partial charge < -0.3 is 19.7 Å². The molecule has 1 fully saturated rings. The standard InChI is InChI=1S/C14H26N2O4/c1-14(2,3)20-13(18)15-7-5-4-6-12(17)16-8-10-19-11-9-16/h4-11H2,1-3H3,(H,15,18). The lowest BCUT2D eigenvalue weighted by Crippen LogP contribution is -2.40. The van der Waals surface area contributed by atoms with Crippen molar-refractivity contribution in [2.24, 2.45) is 0 Å². The Morgan fingerprint density at radius 1 is 1.20 bits per heavy atom. The second-order valence-electron chi connectivity index (χ2n) is 5.88. The zero-order chi connectivity index (χ0) is 15.0. The zero-order valence-corrected chi connectivity index (χ0v) is 12.7. The van der Waals surface area contributed by atoms with Gasteiger partial charge in [0.25, 0.3) is 0 Å². The molecule has 0 unspecified atom stereocenters. The van der Waals surface area contributed by atoms with Crippen molar-refractivity contribution in [2.45, 2.75) is 45.6 Å². The van der Waals surface area contributed by atoms with Gasteiger partial charge in [-0.05, 0) is 33.6 Å². The molecule has 1 aliphatic rings. The van der Waals surface area contributed by atoms with Crippen LogP contribution in [0.25, 0.3) is 0 Å². The molecule has 1 saturated heterocycles. The first-order valence-electron chi connectivity index (χ1n) is 7.21. The monoisotopic (exact) mass is 286 g/mol. The van der Waals surface area contributed by atoms with Gasteiger partial charge in [-0.2, -0.15) is 0 Å². The van der Waals surface area contributed by atoms with Crippen molar-refractivity contribution in [1.82, 2.24) is 10.2 Å². The fraction of sp³-hybridized carbons (Fsp3) is 0.857. The Morgan fingerprint density at radius 2 is 1.85 bits per heavy atom. The van der Waals surface area contributed by atoms with Gasteiger partial charge in [-0.25, -0.2) is 4.79 Å². The van der Waals surface area contributed by atoms with E-state index in [4.69, 9.17) is 9.47 Å². The van der Waals surface area contributed by atoms with Crippen molar-refractivity contribution in [3.05, 3.63) is 0 Å². The molecule has 116 valence electrons. The molecule has 6 nitrogen and oxygen atoms in total. The molecule has 0 radical (unpaired) electrons. The van der Waals surface area contributed by atoms with Crippen molar-refractivity contribution < 1.29 is 19.1 Å². The Morgan fingerprint density at radius 3 is 2.45 bits per heavy atom. The third-order valence-corrected chi connectivity index (χ3v) is 2.85. The summed E-state index contributed by atoms with van der Waals surface area (Å²) >= 11 is 0. The van der Waals surface area contributed by atoms with Gasteiger partial charge in [0.1, 0.15) is 5.60 Å². The molecular formula is C14H26N2O4. The molecule has 2 amide bonds. The van der Waals surface area contributed by atoms with Crippen LogP contribution in [0, 0.1) is 0 Å². The number of rotatable bonds is 5. The van der Waals surface area contributed by atoms with Crippen molar-refractivity contribution in [3.8, 4) is 0 Å². The molecule has 1 heterocycles. The summed E-state index contributed by atoms with van der Waals surface area (Å²) < 4.78 is 10.3. The number of alkyl carbamates (subject to hydrolysis) is 1. The topological polar surface area (TPSA) is 67.9 Å². The highest BCUT2D eigenvalue weighted by atomic mass is 16.6. The number of carbonyl (C=O) groups is 2. The molecule has 0 aliphatic carbocycles. The van der Waals surface area contributed by atoms with Crippen molar-refractivity contribution in [3.63, 3.8) is 0 Å². The number of ether oxygens (including phenoxy) is 2. The quantitative estimate of drug-likeness (QED) is 0.778. The summed E-state index contributed by atoms with van der Waals surface area (Å²) in [7, 11) is 0. The average Bonchev–Trinajstić information content (AvgIpc) is 2.37. The average molecular weight is 286 g/mol. The van der Waals surface area contributed by atoms with Crippen LogP contribution in [-0.2, 0) is 14.3 Å². The Balaban J connectivity index is 2.04. The van der Waals surface area contributed by atoms with E-state index in [2.05, 4.69) is 5.32 Å². The predicted molar refractivity (Wildman–Crippen MR) is 75.5 cm³/mol. The highest BCUT2D eigenvalue weighted by Gasteiger charge is 2.17. The predicted octanol–water partition coefficient (Wildman–Crippen LogP) is 1.54. The maximum Gasteiger partial charge on any atom is 0.407 e. The first-order chi connectivity index (χ1) is 9.38. The molecule has 1 rings (SSSR count). The number of nitrogens with one attached hydrogen (secondary N) is 1. The maximum atomic E-state index is 11.8. The fourth-order valence-corrected chi connectivity index (χ4v) is 1.88. The Labute approximate surface area is 120 Å². The van der Waals surface area contributed by atoms with Gasteiger partial charge in [0.2, 0.25) is 5.91 Å². The van der Waals surface area contributed by atoms with Crippen LogP contribution in [0.3, 0.4) is 0 Å². The van der Waals surface area contributed by atoms with Crippen molar-refractivity contribution in [1.29, 1.82) is 0 Å². The van der Waals surface area contributed by atoms with E-state index < -0.39 is 11.7 Å². The minimum absolute atomic E-state index is 0.172. The number of nitrogens with zero attached hydrogens (tertiary/aromatic N) is 1. The molecule has 1 N–H and O–H groups in total. The molecule has 20 heavy (non-hydrogen) atoms. The van der Waals surface area contributed by atoms with Gasteiger partial charge in [-0.3, -0.25) is 4.79 Å². The molecule has 0 saturated carbocycles. The van der Waals surface area contributed by atoms with Gasteiger partial charge >= 0.3 is 6.09 Å². The molecule has 6 heteroatoms. The van der Waals surface area contributed by atoms with Gasteiger partial charge in [-0.1, -0.05) is 0 Å². The smallest absolute Gasteiger partial charge is 0.407 e. The largest absolute Gasteiger partial charge is 0.444 e. The second kappa shape index (κ2) is 8.09. The number of hydrogen-bond donors (Lipinski definition) is 1. The zero-order valence-electron chi connectivity index (χ0n) is 12.7. The van der Waals surface area contributed by atoms with Crippen LogP contribution in [-0.4, -0.2) is 55.3 Å². The lowest BCUT2D eigenvalue weighted by atomic mass is 10.2. The van der Waals surface area contributed by atoms with E-state index >= 15 is 0 Å². The molecule has 0 atom stereocenters. The summed E-state index contributed by atoms with van der Waals surface area (Å²) in [5.41, 5.74) is -0.476. The van der Waals surface area contributed by atoms with Gasteiger partial charge in [0, 0.05) is 26.1 Å². The summed E-state index contributed by atoms with van der Waals surface area (Å²) in [5.74, 6) is 0.172. The summed E-state index contributed by atoms with van der Waals surface area (Å²) in [6.45, 7) is 8.65. The van der Waals surface area contributed by atoms with E-state index in [-0.39, 0.29) is 5.91 Å². The van der Waals surface area contributed by atoms with Crippen LogP contribution in [0.4, 0.5) is 4.79 Å². The number of hydrogen-bond acceptors (Lipinski definition) is 4. The Hall–Kier alpha value is -1.30.